The Morgan fingerprint density at radius 1 is 1.23 bits per heavy atom. The van der Waals surface area contributed by atoms with Crippen molar-refractivity contribution in [2.24, 2.45) is 4.99 Å². The van der Waals surface area contributed by atoms with Crippen LogP contribution in [0.1, 0.15) is 12.5 Å². The van der Waals surface area contributed by atoms with Crippen molar-refractivity contribution in [3.8, 4) is 0 Å². The average molecular weight is 175 g/mol. The molecule has 0 unspecified atom stereocenters. The van der Waals surface area contributed by atoms with Gasteiger partial charge < -0.3 is 0 Å². The van der Waals surface area contributed by atoms with E-state index >= 15 is 0 Å². The zero-order valence-electron chi connectivity index (χ0n) is 7.42. The highest BCUT2D eigenvalue weighted by atomic mass is 19.1. The second-order valence-electron chi connectivity index (χ2n) is 3.13. The van der Waals surface area contributed by atoms with E-state index < -0.39 is 0 Å². The van der Waals surface area contributed by atoms with Crippen molar-refractivity contribution in [3.63, 3.8) is 0 Å². The minimum Gasteiger partial charge on any atom is -0.285 e. The molecule has 13 heavy (non-hydrogen) atoms. The van der Waals surface area contributed by atoms with Crippen molar-refractivity contribution >= 4 is 11.3 Å². The summed E-state index contributed by atoms with van der Waals surface area (Å²) in [4.78, 5) is 4.25. The fourth-order valence-electron chi connectivity index (χ4n) is 1.39. The summed E-state index contributed by atoms with van der Waals surface area (Å²) in [7, 11) is 0. The van der Waals surface area contributed by atoms with Crippen LogP contribution in [0.25, 0.3) is 5.57 Å². The fraction of sp³-hybridized carbons (Fsp3) is 0.182. The van der Waals surface area contributed by atoms with E-state index in [4.69, 9.17) is 0 Å². The summed E-state index contributed by atoms with van der Waals surface area (Å²) in [5, 5.41) is 0. The summed E-state index contributed by atoms with van der Waals surface area (Å²) in [5.41, 5.74) is 3.26. The maximum atomic E-state index is 12.6. The first-order valence-electron chi connectivity index (χ1n) is 4.23. The molecule has 0 aromatic heterocycles. The van der Waals surface area contributed by atoms with Gasteiger partial charge in [0.2, 0.25) is 0 Å². The zero-order chi connectivity index (χ0) is 9.26. The van der Waals surface area contributed by atoms with Crippen LogP contribution in [0.2, 0.25) is 0 Å². The molecule has 0 spiro atoms. The third-order valence-electron chi connectivity index (χ3n) is 2.10. The molecule has 0 saturated heterocycles. The number of aliphatic imine (C=N–C) groups is 1. The highest BCUT2D eigenvalue weighted by Crippen LogP contribution is 2.19. The Kier molecular flexibility index (Phi) is 1.97. The fourth-order valence-corrected chi connectivity index (χ4v) is 1.39. The number of hydrogen-bond acceptors (Lipinski definition) is 1. The van der Waals surface area contributed by atoms with Crippen LogP contribution in [-0.4, -0.2) is 12.3 Å². The van der Waals surface area contributed by atoms with Crippen LogP contribution in [0.15, 0.2) is 35.3 Å². The van der Waals surface area contributed by atoms with Crippen LogP contribution in [0, 0.1) is 5.82 Å². The molecule has 2 rings (SSSR count). The molecule has 1 aromatic rings. The maximum absolute atomic E-state index is 12.6. The molecule has 1 aromatic carbocycles. The van der Waals surface area contributed by atoms with Gasteiger partial charge in [0.15, 0.2) is 0 Å². The van der Waals surface area contributed by atoms with Crippen molar-refractivity contribution in [2.75, 3.05) is 6.54 Å². The highest BCUT2D eigenvalue weighted by Gasteiger charge is 2.06. The molecule has 1 nitrogen and oxygen atoms in total. The van der Waals surface area contributed by atoms with Gasteiger partial charge in [-0.1, -0.05) is 12.1 Å². The quantitative estimate of drug-likeness (QED) is 0.622. The number of halogens is 1. The largest absolute Gasteiger partial charge is 0.285 e. The summed E-state index contributed by atoms with van der Waals surface area (Å²) in [6, 6.07) is 6.53. The first kappa shape index (κ1) is 8.17. The van der Waals surface area contributed by atoms with Crippen LogP contribution in [0.4, 0.5) is 4.39 Å². The van der Waals surface area contributed by atoms with Crippen molar-refractivity contribution in [1.29, 1.82) is 0 Å². The Hall–Kier alpha value is -1.44. The van der Waals surface area contributed by atoms with Crippen molar-refractivity contribution in [1.82, 2.24) is 0 Å². The molecule has 0 saturated carbocycles. The smallest absolute Gasteiger partial charge is 0.123 e. The summed E-state index contributed by atoms with van der Waals surface area (Å²) in [5.74, 6) is -0.194. The molecule has 1 aliphatic rings. The molecule has 1 heterocycles. The van der Waals surface area contributed by atoms with Gasteiger partial charge in [-0.15, -0.1) is 0 Å². The van der Waals surface area contributed by atoms with Crippen molar-refractivity contribution < 1.29 is 4.39 Å². The predicted molar refractivity (Wildman–Crippen MR) is 52.4 cm³/mol. The molecule has 0 radical (unpaired) electrons. The summed E-state index contributed by atoms with van der Waals surface area (Å²) < 4.78 is 12.6. The second-order valence-corrected chi connectivity index (χ2v) is 3.13. The van der Waals surface area contributed by atoms with E-state index in [9.17, 15) is 4.39 Å². The molecule has 66 valence electrons. The Labute approximate surface area is 76.6 Å². The Morgan fingerprint density at radius 3 is 2.46 bits per heavy atom. The molecule has 1 aliphatic heterocycles. The summed E-state index contributed by atoms with van der Waals surface area (Å²) >= 11 is 0. The lowest BCUT2D eigenvalue weighted by molar-refractivity contribution is 0.627. The van der Waals surface area contributed by atoms with Gasteiger partial charge in [0.1, 0.15) is 5.82 Å². The first-order chi connectivity index (χ1) is 6.25. The first-order valence-corrected chi connectivity index (χ1v) is 4.23. The van der Waals surface area contributed by atoms with Gasteiger partial charge in [-0.05, 0) is 36.3 Å². The molecule has 0 amide bonds. The molecule has 0 atom stereocenters. The molecule has 0 N–H and O–H groups in total. The predicted octanol–water partition coefficient (Wildman–Crippen LogP) is 2.68. The number of benzene rings is 1. The van der Waals surface area contributed by atoms with Gasteiger partial charge >= 0.3 is 0 Å². The SMILES string of the molecule is CC1=NCC(c2ccc(F)cc2)=C1. The van der Waals surface area contributed by atoms with Gasteiger partial charge in [0.05, 0.1) is 6.54 Å². The summed E-state index contributed by atoms with van der Waals surface area (Å²) in [6.07, 6.45) is 2.03. The van der Waals surface area contributed by atoms with E-state index in [2.05, 4.69) is 4.99 Å². The number of rotatable bonds is 1. The lowest BCUT2D eigenvalue weighted by atomic mass is 10.1. The van der Waals surface area contributed by atoms with Crippen LogP contribution in [-0.2, 0) is 0 Å². The van der Waals surface area contributed by atoms with E-state index in [1.165, 1.54) is 12.1 Å². The Balaban J connectivity index is 2.28. The van der Waals surface area contributed by atoms with Crippen molar-refractivity contribution in [2.45, 2.75) is 6.92 Å². The third-order valence-corrected chi connectivity index (χ3v) is 2.10. The van der Waals surface area contributed by atoms with E-state index in [-0.39, 0.29) is 5.82 Å². The average Bonchev–Trinajstić information content (AvgIpc) is 2.53. The minimum atomic E-state index is -0.194. The van der Waals surface area contributed by atoms with Crippen LogP contribution in [0.5, 0.6) is 0 Å². The number of allylic oxidation sites excluding steroid dienone is 1. The minimum absolute atomic E-state index is 0.194. The molecular weight excluding hydrogens is 165 g/mol. The van der Waals surface area contributed by atoms with Crippen molar-refractivity contribution in [3.05, 3.63) is 41.7 Å². The Bertz CT molecular complexity index is 374. The van der Waals surface area contributed by atoms with Gasteiger partial charge in [0.25, 0.3) is 0 Å². The molecule has 0 aliphatic carbocycles. The third kappa shape index (κ3) is 1.66. The van der Waals surface area contributed by atoms with Crippen LogP contribution >= 0.6 is 0 Å². The highest BCUT2D eigenvalue weighted by molar-refractivity contribution is 6.03. The standard InChI is InChI=1S/C11H10FN/c1-8-6-10(7-13-8)9-2-4-11(12)5-3-9/h2-6H,7H2,1H3. The van der Waals surface area contributed by atoms with E-state index in [1.807, 2.05) is 13.0 Å². The molecule has 0 fully saturated rings. The maximum Gasteiger partial charge on any atom is 0.123 e. The summed E-state index contributed by atoms with van der Waals surface area (Å²) in [6.45, 7) is 2.69. The van der Waals surface area contributed by atoms with Gasteiger partial charge in [-0.3, -0.25) is 4.99 Å². The van der Waals surface area contributed by atoms with Gasteiger partial charge in [-0.2, -0.15) is 0 Å². The van der Waals surface area contributed by atoms with Gasteiger partial charge in [-0.25, -0.2) is 4.39 Å². The number of nitrogens with zero attached hydrogens (tertiary/aromatic N) is 1. The normalized spacial score (nSPS) is 15.5. The van der Waals surface area contributed by atoms with E-state index in [0.29, 0.717) is 0 Å². The molecule has 0 bridgehead atoms. The molecular formula is C11H10FN. The molecule has 2 heteroatoms. The lowest BCUT2D eigenvalue weighted by Gasteiger charge is -1.99. The second kappa shape index (κ2) is 3.13. The number of hydrogen-bond donors (Lipinski definition) is 0. The topological polar surface area (TPSA) is 12.4 Å². The van der Waals surface area contributed by atoms with Gasteiger partial charge in [0, 0.05) is 5.71 Å². The van der Waals surface area contributed by atoms with Crippen LogP contribution in [0.3, 0.4) is 0 Å². The van der Waals surface area contributed by atoms with E-state index in [1.54, 1.807) is 12.1 Å². The monoisotopic (exact) mass is 175 g/mol. The zero-order valence-corrected chi connectivity index (χ0v) is 7.42. The van der Waals surface area contributed by atoms with E-state index in [0.717, 1.165) is 23.4 Å². The van der Waals surface area contributed by atoms with Crippen LogP contribution < -0.4 is 0 Å². The Morgan fingerprint density at radius 2 is 1.92 bits per heavy atom. The lowest BCUT2D eigenvalue weighted by Crippen LogP contribution is -1.85.